The van der Waals surface area contributed by atoms with Crippen molar-refractivity contribution >= 4 is 0 Å². The molecular weight excluding hydrogens is 126 g/mol. The summed E-state index contributed by atoms with van der Waals surface area (Å²) in [6.45, 7) is 7.71. The normalized spacial score (nSPS) is 15.9. The summed E-state index contributed by atoms with van der Waals surface area (Å²) in [5.74, 6) is 0.557. The summed E-state index contributed by atoms with van der Waals surface area (Å²) < 4.78 is 0. The highest BCUT2D eigenvalue weighted by Gasteiger charge is 2.22. The van der Waals surface area contributed by atoms with Gasteiger partial charge in [0.05, 0.1) is 5.60 Å². The van der Waals surface area contributed by atoms with Gasteiger partial charge in [0.1, 0.15) is 0 Å². The van der Waals surface area contributed by atoms with E-state index in [1.807, 2.05) is 0 Å². The second-order valence-corrected chi connectivity index (χ2v) is 3.89. The van der Waals surface area contributed by atoms with Crippen LogP contribution < -0.4 is 5.73 Å². The van der Waals surface area contributed by atoms with Crippen molar-refractivity contribution in [1.82, 2.24) is 0 Å². The minimum absolute atomic E-state index is 0.104. The van der Waals surface area contributed by atoms with Crippen LogP contribution in [-0.4, -0.2) is 16.7 Å². The summed E-state index contributed by atoms with van der Waals surface area (Å²) in [5.41, 5.74) is 4.97. The zero-order chi connectivity index (χ0) is 8.36. The van der Waals surface area contributed by atoms with Crippen LogP contribution in [0.1, 0.15) is 34.1 Å². The lowest BCUT2D eigenvalue weighted by Crippen LogP contribution is -2.43. The van der Waals surface area contributed by atoms with Crippen molar-refractivity contribution in [3.05, 3.63) is 0 Å². The molecule has 3 N–H and O–H groups in total. The molecule has 0 heterocycles. The summed E-state index contributed by atoms with van der Waals surface area (Å²) in [6.07, 6.45) is 0.878. The topological polar surface area (TPSA) is 46.2 Å². The Labute approximate surface area is 63.4 Å². The highest BCUT2D eigenvalue weighted by molar-refractivity contribution is 4.80. The minimum Gasteiger partial charge on any atom is -0.389 e. The zero-order valence-electron chi connectivity index (χ0n) is 7.39. The van der Waals surface area contributed by atoms with Gasteiger partial charge in [-0.3, -0.25) is 0 Å². The van der Waals surface area contributed by atoms with Gasteiger partial charge in [-0.25, -0.2) is 0 Å². The van der Waals surface area contributed by atoms with Gasteiger partial charge in [-0.05, 0) is 26.2 Å². The maximum absolute atomic E-state index is 9.41. The summed E-state index contributed by atoms with van der Waals surface area (Å²) in [5, 5.41) is 9.41. The van der Waals surface area contributed by atoms with Crippen LogP contribution in [0.4, 0.5) is 0 Å². The Hall–Kier alpha value is -0.0800. The second-order valence-electron chi connectivity index (χ2n) is 3.89. The third kappa shape index (κ3) is 3.85. The van der Waals surface area contributed by atoms with E-state index in [4.69, 9.17) is 5.73 Å². The van der Waals surface area contributed by atoms with Crippen LogP contribution in [0.25, 0.3) is 0 Å². The van der Waals surface area contributed by atoms with E-state index in [1.54, 1.807) is 13.8 Å². The molecule has 0 aliphatic carbocycles. The third-order valence-electron chi connectivity index (χ3n) is 1.63. The van der Waals surface area contributed by atoms with Crippen molar-refractivity contribution in [2.75, 3.05) is 0 Å². The lowest BCUT2D eigenvalue weighted by molar-refractivity contribution is 0.0448. The average Bonchev–Trinajstić information content (AvgIpc) is 1.60. The van der Waals surface area contributed by atoms with Gasteiger partial charge in [-0.15, -0.1) is 0 Å². The number of nitrogens with two attached hydrogens (primary N) is 1. The molecule has 0 fully saturated rings. The Morgan fingerprint density at radius 3 is 1.90 bits per heavy atom. The number of rotatable bonds is 3. The molecule has 0 saturated heterocycles. The molecule has 0 aromatic heterocycles. The van der Waals surface area contributed by atoms with Gasteiger partial charge in [0, 0.05) is 6.04 Å². The molecule has 2 heteroatoms. The number of hydrogen-bond donors (Lipinski definition) is 2. The zero-order valence-corrected chi connectivity index (χ0v) is 7.39. The fraction of sp³-hybridized carbons (Fsp3) is 1.00. The molecule has 62 valence electrons. The lowest BCUT2D eigenvalue weighted by atomic mass is 9.92. The lowest BCUT2D eigenvalue weighted by Gasteiger charge is -2.26. The Bertz CT molecular complexity index is 93.9. The van der Waals surface area contributed by atoms with Crippen molar-refractivity contribution in [2.45, 2.75) is 45.8 Å². The van der Waals surface area contributed by atoms with E-state index in [1.165, 1.54) is 0 Å². The molecule has 2 nitrogen and oxygen atoms in total. The standard InChI is InChI=1S/C8H19NO/c1-6(2)5-7(9)8(3,4)10/h6-7,10H,5,9H2,1-4H3/t7-/m0/s1. The largest absolute Gasteiger partial charge is 0.389 e. The van der Waals surface area contributed by atoms with Gasteiger partial charge in [0.25, 0.3) is 0 Å². The first-order valence-electron chi connectivity index (χ1n) is 3.82. The average molecular weight is 145 g/mol. The van der Waals surface area contributed by atoms with Gasteiger partial charge < -0.3 is 10.8 Å². The number of aliphatic hydroxyl groups is 1. The highest BCUT2D eigenvalue weighted by atomic mass is 16.3. The highest BCUT2D eigenvalue weighted by Crippen LogP contribution is 2.13. The predicted octanol–water partition coefficient (Wildman–Crippen LogP) is 1.13. The summed E-state index contributed by atoms with van der Waals surface area (Å²) in [7, 11) is 0. The van der Waals surface area contributed by atoms with Crippen molar-refractivity contribution in [3.63, 3.8) is 0 Å². The first kappa shape index (κ1) is 9.92. The molecule has 0 aromatic carbocycles. The summed E-state index contributed by atoms with van der Waals surface area (Å²) >= 11 is 0. The van der Waals surface area contributed by atoms with Crippen LogP contribution in [0, 0.1) is 5.92 Å². The molecule has 0 aromatic rings. The molecule has 0 aliphatic rings. The molecule has 0 rings (SSSR count). The van der Waals surface area contributed by atoms with Crippen LogP contribution in [0.3, 0.4) is 0 Å². The maximum atomic E-state index is 9.41. The van der Waals surface area contributed by atoms with Crippen molar-refractivity contribution in [1.29, 1.82) is 0 Å². The van der Waals surface area contributed by atoms with E-state index in [2.05, 4.69) is 13.8 Å². The van der Waals surface area contributed by atoms with Gasteiger partial charge in [-0.1, -0.05) is 13.8 Å². The van der Waals surface area contributed by atoms with Crippen LogP contribution in [0.2, 0.25) is 0 Å². The van der Waals surface area contributed by atoms with Gasteiger partial charge in [0.15, 0.2) is 0 Å². The van der Waals surface area contributed by atoms with Crippen LogP contribution in [0.15, 0.2) is 0 Å². The van der Waals surface area contributed by atoms with Gasteiger partial charge in [-0.2, -0.15) is 0 Å². The van der Waals surface area contributed by atoms with Crippen molar-refractivity contribution in [3.8, 4) is 0 Å². The van der Waals surface area contributed by atoms with Gasteiger partial charge >= 0.3 is 0 Å². The van der Waals surface area contributed by atoms with Crippen LogP contribution in [-0.2, 0) is 0 Å². The van der Waals surface area contributed by atoms with E-state index >= 15 is 0 Å². The van der Waals surface area contributed by atoms with E-state index in [0.717, 1.165) is 6.42 Å². The van der Waals surface area contributed by atoms with Crippen molar-refractivity contribution in [2.24, 2.45) is 11.7 Å². The maximum Gasteiger partial charge on any atom is 0.0742 e. The molecule has 0 spiro atoms. The Morgan fingerprint density at radius 2 is 1.80 bits per heavy atom. The molecule has 0 bridgehead atoms. The monoisotopic (exact) mass is 145 g/mol. The summed E-state index contributed by atoms with van der Waals surface area (Å²) in [4.78, 5) is 0. The SMILES string of the molecule is CC(C)C[C@H](N)C(C)(C)O. The fourth-order valence-corrected chi connectivity index (χ4v) is 0.796. The van der Waals surface area contributed by atoms with E-state index in [0.29, 0.717) is 5.92 Å². The first-order valence-corrected chi connectivity index (χ1v) is 3.82. The first-order chi connectivity index (χ1) is 4.34. The molecule has 0 radical (unpaired) electrons. The second kappa shape index (κ2) is 3.35. The molecule has 0 amide bonds. The predicted molar refractivity (Wildman–Crippen MR) is 43.7 cm³/mol. The molecule has 1 atom stereocenters. The third-order valence-corrected chi connectivity index (χ3v) is 1.63. The van der Waals surface area contributed by atoms with Crippen molar-refractivity contribution < 1.29 is 5.11 Å². The molecule has 0 saturated carbocycles. The summed E-state index contributed by atoms with van der Waals surface area (Å²) in [6, 6.07) is -0.104. The Kier molecular flexibility index (Phi) is 3.33. The molecule has 10 heavy (non-hydrogen) atoms. The van der Waals surface area contributed by atoms with Crippen LogP contribution in [0.5, 0.6) is 0 Å². The molecule has 0 unspecified atom stereocenters. The molecular formula is C8H19NO. The number of hydrogen-bond acceptors (Lipinski definition) is 2. The van der Waals surface area contributed by atoms with Crippen LogP contribution >= 0.6 is 0 Å². The Morgan fingerprint density at radius 1 is 1.40 bits per heavy atom. The smallest absolute Gasteiger partial charge is 0.0742 e. The van der Waals surface area contributed by atoms with E-state index in [-0.39, 0.29) is 6.04 Å². The van der Waals surface area contributed by atoms with E-state index in [9.17, 15) is 5.11 Å². The Balaban J connectivity index is 3.73. The quantitative estimate of drug-likeness (QED) is 0.625. The van der Waals surface area contributed by atoms with Gasteiger partial charge in [0.2, 0.25) is 0 Å². The molecule has 0 aliphatic heterocycles. The fourth-order valence-electron chi connectivity index (χ4n) is 0.796. The van der Waals surface area contributed by atoms with E-state index < -0.39 is 5.60 Å². The minimum atomic E-state index is -0.732.